The summed E-state index contributed by atoms with van der Waals surface area (Å²) in [4.78, 5) is 11.5. The van der Waals surface area contributed by atoms with E-state index in [2.05, 4.69) is 17.0 Å². The number of methoxy groups -OCH3 is 1. The van der Waals surface area contributed by atoms with Gasteiger partial charge in [-0.1, -0.05) is 36.9 Å². The quantitative estimate of drug-likeness (QED) is 0.597. The SMILES string of the molecule is C=C=C[C@@](O)(C(=O)OC)c1ccccc1. The van der Waals surface area contributed by atoms with Crippen LogP contribution in [0.25, 0.3) is 0 Å². The molecule has 0 radical (unpaired) electrons. The molecule has 78 valence electrons. The minimum absolute atomic E-state index is 0.424. The summed E-state index contributed by atoms with van der Waals surface area (Å²) in [6.07, 6.45) is 1.17. The van der Waals surface area contributed by atoms with E-state index < -0.39 is 11.6 Å². The highest BCUT2D eigenvalue weighted by atomic mass is 16.5. The average molecular weight is 204 g/mol. The van der Waals surface area contributed by atoms with Crippen LogP contribution in [0.1, 0.15) is 5.56 Å². The molecule has 3 nitrogen and oxygen atoms in total. The molecule has 1 aromatic rings. The fraction of sp³-hybridized carbons (Fsp3) is 0.167. The largest absolute Gasteiger partial charge is 0.466 e. The molecule has 0 saturated heterocycles. The Morgan fingerprint density at radius 1 is 1.53 bits per heavy atom. The van der Waals surface area contributed by atoms with Crippen molar-refractivity contribution in [3.8, 4) is 0 Å². The van der Waals surface area contributed by atoms with Crippen molar-refractivity contribution >= 4 is 5.97 Å². The van der Waals surface area contributed by atoms with E-state index in [1.807, 2.05) is 0 Å². The van der Waals surface area contributed by atoms with E-state index in [1.54, 1.807) is 30.3 Å². The van der Waals surface area contributed by atoms with Gasteiger partial charge in [0.2, 0.25) is 5.60 Å². The van der Waals surface area contributed by atoms with Crippen LogP contribution in [0.15, 0.2) is 48.7 Å². The maximum absolute atomic E-state index is 11.5. The maximum Gasteiger partial charge on any atom is 0.347 e. The van der Waals surface area contributed by atoms with Crippen LogP contribution in [-0.4, -0.2) is 18.2 Å². The first-order valence-corrected chi connectivity index (χ1v) is 4.38. The van der Waals surface area contributed by atoms with E-state index in [-0.39, 0.29) is 0 Å². The van der Waals surface area contributed by atoms with Crippen LogP contribution < -0.4 is 0 Å². The van der Waals surface area contributed by atoms with Gasteiger partial charge in [0.05, 0.1) is 7.11 Å². The van der Waals surface area contributed by atoms with E-state index in [0.717, 1.165) is 0 Å². The minimum Gasteiger partial charge on any atom is -0.466 e. The molecule has 0 saturated carbocycles. The van der Waals surface area contributed by atoms with E-state index >= 15 is 0 Å². The molecule has 1 N–H and O–H groups in total. The summed E-state index contributed by atoms with van der Waals surface area (Å²) >= 11 is 0. The number of carbonyl (C=O) groups excluding carboxylic acids is 1. The first-order chi connectivity index (χ1) is 7.15. The molecule has 0 aliphatic heterocycles. The van der Waals surface area contributed by atoms with Crippen LogP contribution in [0, 0.1) is 0 Å². The molecule has 0 aliphatic carbocycles. The molecular formula is C12H12O3. The van der Waals surface area contributed by atoms with Gasteiger partial charge in [-0.05, 0) is 5.56 Å². The number of hydrogen-bond donors (Lipinski definition) is 1. The minimum atomic E-state index is -1.81. The van der Waals surface area contributed by atoms with Gasteiger partial charge < -0.3 is 9.84 Å². The van der Waals surface area contributed by atoms with Crippen molar-refractivity contribution in [2.45, 2.75) is 5.60 Å². The van der Waals surface area contributed by atoms with Crippen LogP contribution >= 0.6 is 0 Å². The predicted molar refractivity (Wildman–Crippen MR) is 56.1 cm³/mol. The second-order valence-corrected chi connectivity index (χ2v) is 2.97. The molecule has 0 aliphatic rings. The Morgan fingerprint density at radius 2 is 2.13 bits per heavy atom. The van der Waals surface area contributed by atoms with Gasteiger partial charge in [-0.3, -0.25) is 0 Å². The van der Waals surface area contributed by atoms with Crippen molar-refractivity contribution in [1.82, 2.24) is 0 Å². The third-order valence-electron chi connectivity index (χ3n) is 2.02. The van der Waals surface area contributed by atoms with Gasteiger partial charge in [0.25, 0.3) is 0 Å². The molecule has 1 aromatic carbocycles. The summed E-state index contributed by atoms with van der Waals surface area (Å²) in [5.41, 5.74) is 1.01. The van der Waals surface area contributed by atoms with Crippen molar-refractivity contribution in [1.29, 1.82) is 0 Å². The summed E-state index contributed by atoms with van der Waals surface area (Å²) in [5, 5.41) is 10.1. The fourth-order valence-corrected chi connectivity index (χ4v) is 1.26. The lowest BCUT2D eigenvalue weighted by molar-refractivity contribution is -0.158. The van der Waals surface area contributed by atoms with Gasteiger partial charge in [-0.25, -0.2) is 4.79 Å². The maximum atomic E-state index is 11.5. The molecule has 0 heterocycles. The second kappa shape index (κ2) is 4.60. The summed E-state index contributed by atoms with van der Waals surface area (Å²) in [6.45, 7) is 3.34. The van der Waals surface area contributed by atoms with Crippen molar-refractivity contribution < 1.29 is 14.6 Å². The van der Waals surface area contributed by atoms with Gasteiger partial charge in [0, 0.05) is 6.08 Å². The first-order valence-electron chi connectivity index (χ1n) is 4.38. The van der Waals surface area contributed by atoms with E-state index in [9.17, 15) is 9.90 Å². The van der Waals surface area contributed by atoms with Gasteiger partial charge in [-0.2, -0.15) is 0 Å². The van der Waals surface area contributed by atoms with Crippen LogP contribution in [0.3, 0.4) is 0 Å². The lowest BCUT2D eigenvalue weighted by Crippen LogP contribution is -2.34. The number of ether oxygens (including phenoxy) is 1. The van der Waals surface area contributed by atoms with Crippen molar-refractivity contribution in [2.24, 2.45) is 0 Å². The Bertz CT molecular complexity index is 391. The van der Waals surface area contributed by atoms with Crippen LogP contribution in [-0.2, 0) is 15.1 Å². The predicted octanol–water partition coefficient (Wildman–Crippen LogP) is 1.39. The Balaban J connectivity index is 3.24. The number of rotatable bonds is 3. The highest BCUT2D eigenvalue weighted by Crippen LogP contribution is 2.23. The van der Waals surface area contributed by atoms with Crippen molar-refractivity contribution in [2.75, 3.05) is 7.11 Å². The topological polar surface area (TPSA) is 46.5 Å². The number of hydrogen-bond acceptors (Lipinski definition) is 3. The van der Waals surface area contributed by atoms with Crippen LogP contribution in [0.4, 0.5) is 0 Å². The molecule has 1 atom stereocenters. The highest BCUT2D eigenvalue weighted by molar-refractivity contribution is 5.83. The molecule has 0 bridgehead atoms. The molecule has 1 rings (SSSR count). The zero-order valence-electron chi connectivity index (χ0n) is 8.43. The van der Waals surface area contributed by atoms with Gasteiger partial charge in [0.15, 0.2) is 0 Å². The molecule has 0 fully saturated rings. The smallest absolute Gasteiger partial charge is 0.347 e. The van der Waals surface area contributed by atoms with Crippen LogP contribution in [0.2, 0.25) is 0 Å². The molecule has 0 unspecified atom stereocenters. The van der Waals surface area contributed by atoms with Gasteiger partial charge >= 0.3 is 5.97 Å². The molecule has 3 heteroatoms. The number of esters is 1. The fourth-order valence-electron chi connectivity index (χ4n) is 1.26. The Kier molecular flexibility index (Phi) is 3.45. The van der Waals surface area contributed by atoms with Crippen molar-refractivity contribution in [3.63, 3.8) is 0 Å². The number of carbonyl (C=O) groups is 1. The standard InChI is InChI=1S/C12H12O3/c1-3-9-12(14,11(13)15-2)10-7-5-4-6-8-10/h4-9,14H,1H2,2H3/t12-/m0/s1. The summed E-state index contributed by atoms with van der Waals surface area (Å²) in [7, 11) is 1.22. The van der Waals surface area contributed by atoms with E-state index in [4.69, 9.17) is 0 Å². The normalized spacial score (nSPS) is 13.5. The van der Waals surface area contributed by atoms with Gasteiger partial charge in [0.1, 0.15) is 0 Å². The lowest BCUT2D eigenvalue weighted by Gasteiger charge is -2.20. The monoisotopic (exact) mass is 204 g/mol. The zero-order valence-corrected chi connectivity index (χ0v) is 8.43. The summed E-state index contributed by atoms with van der Waals surface area (Å²) in [6, 6.07) is 8.49. The molecule has 15 heavy (non-hydrogen) atoms. The Hall–Kier alpha value is -1.83. The zero-order chi connectivity index (χ0) is 11.3. The Morgan fingerprint density at radius 3 is 2.60 bits per heavy atom. The van der Waals surface area contributed by atoms with Crippen LogP contribution in [0.5, 0.6) is 0 Å². The average Bonchev–Trinajstić information content (AvgIpc) is 2.29. The first kappa shape index (κ1) is 11.2. The second-order valence-electron chi connectivity index (χ2n) is 2.97. The lowest BCUT2D eigenvalue weighted by atomic mass is 9.94. The Labute approximate surface area is 88.3 Å². The highest BCUT2D eigenvalue weighted by Gasteiger charge is 2.36. The molecule has 0 aromatic heterocycles. The summed E-state index contributed by atoms with van der Waals surface area (Å²) < 4.78 is 4.53. The number of aliphatic hydroxyl groups is 1. The van der Waals surface area contributed by atoms with E-state index in [1.165, 1.54) is 13.2 Å². The number of benzene rings is 1. The van der Waals surface area contributed by atoms with Crippen molar-refractivity contribution in [3.05, 3.63) is 54.3 Å². The summed E-state index contributed by atoms with van der Waals surface area (Å²) in [5.74, 6) is -0.759. The molecule has 0 amide bonds. The van der Waals surface area contributed by atoms with Gasteiger partial charge in [-0.15, -0.1) is 5.73 Å². The third-order valence-corrected chi connectivity index (χ3v) is 2.02. The van der Waals surface area contributed by atoms with E-state index in [0.29, 0.717) is 5.56 Å². The molecule has 0 spiro atoms. The molecular weight excluding hydrogens is 192 g/mol. The third kappa shape index (κ3) is 2.15.